The molecule has 1 N–H and O–H groups in total. The van der Waals surface area contributed by atoms with Crippen LogP contribution in [0.5, 0.6) is 5.75 Å². The second kappa shape index (κ2) is 8.56. The van der Waals surface area contributed by atoms with Gasteiger partial charge >= 0.3 is 0 Å². The van der Waals surface area contributed by atoms with E-state index in [-0.39, 0.29) is 17.9 Å². The summed E-state index contributed by atoms with van der Waals surface area (Å²) in [6, 6.07) is 11.1. The van der Waals surface area contributed by atoms with E-state index in [4.69, 9.17) is 9.15 Å². The summed E-state index contributed by atoms with van der Waals surface area (Å²) in [6.07, 6.45) is 4.32. The lowest BCUT2D eigenvalue weighted by molar-refractivity contribution is -0.122. The molecule has 1 saturated heterocycles. The summed E-state index contributed by atoms with van der Waals surface area (Å²) in [5, 5.41) is 3.05. The van der Waals surface area contributed by atoms with E-state index in [1.165, 1.54) is 6.26 Å². The molecular weight excluding hydrogens is 332 g/mol. The van der Waals surface area contributed by atoms with Crippen LogP contribution in [0.25, 0.3) is 0 Å². The van der Waals surface area contributed by atoms with E-state index in [1.807, 2.05) is 24.3 Å². The van der Waals surface area contributed by atoms with Crippen LogP contribution in [0.3, 0.4) is 0 Å². The Morgan fingerprint density at radius 1 is 1.31 bits per heavy atom. The van der Waals surface area contributed by atoms with Crippen LogP contribution in [-0.4, -0.2) is 43.0 Å². The van der Waals surface area contributed by atoms with Gasteiger partial charge in [-0.05, 0) is 49.1 Å². The number of nitrogens with zero attached hydrogens (tertiary/aromatic N) is 1. The topological polar surface area (TPSA) is 71.8 Å². The van der Waals surface area contributed by atoms with Crippen molar-refractivity contribution in [1.29, 1.82) is 0 Å². The number of rotatable bonds is 6. The van der Waals surface area contributed by atoms with Crippen molar-refractivity contribution >= 4 is 11.8 Å². The van der Waals surface area contributed by atoms with Crippen LogP contribution in [0.15, 0.2) is 47.1 Å². The normalized spacial score (nSPS) is 17.0. The summed E-state index contributed by atoms with van der Waals surface area (Å²) >= 11 is 0. The summed E-state index contributed by atoms with van der Waals surface area (Å²) in [7, 11) is 1.63. The number of hydrogen-bond donors (Lipinski definition) is 1. The lowest BCUT2D eigenvalue weighted by Crippen LogP contribution is -2.49. The first-order valence-electron chi connectivity index (χ1n) is 8.91. The highest BCUT2D eigenvalue weighted by atomic mass is 16.5. The minimum absolute atomic E-state index is 0.00474. The largest absolute Gasteiger partial charge is 0.497 e. The maximum absolute atomic E-state index is 12.4. The second-order valence-corrected chi connectivity index (χ2v) is 6.49. The number of ether oxygens (including phenoxy) is 1. The molecule has 0 saturated carbocycles. The molecule has 0 radical (unpaired) electrons. The number of nitrogens with one attached hydrogen (secondary N) is 1. The molecule has 0 bridgehead atoms. The molecule has 2 aromatic rings. The number of likely N-dealkylation sites (tertiary alicyclic amines) is 1. The highest BCUT2D eigenvalue weighted by Crippen LogP contribution is 2.16. The maximum atomic E-state index is 12.4. The molecule has 3 rings (SSSR count). The van der Waals surface area contributed by atoms with Gasteiger partial charge in [-0.2, -0.15) is 0 Å². The molecule has 0 spiro atoms. The first kappa shape index (κ1) is 18.0. The molecule has 2 amide bonds. The van der Waals surface area contributed by atoms with Crippen molar-refractivity contribution in [3.05, 3.63) is 54.0 Å². The minimum Gasteiger partial charge on any atom is -0.497 e. The van der Waals surface area contributed by atoms with E-state index in [1.54, 1.807) is 24.1 Å². The van der Waals surface area contributed by atoms with Crippen molar-refractivity contribution < 1.29 is 18.7 Å². The van der Waals surface area contributed by atoms with Crippen molar-refractivity contribution in [2.75, 3.05) is 20.2 Å². The fourth-order valence-electron chi connectivity index (χ4n) is 3.22. The van der Waals surface area contributed by atoms with Gasteiger partial charge in [-0.1, -0.05) is 12.1 Å². The number of methoxy groups -OCH3 is 1. The molecule has 1 unspecified atom stereocenters. The van der Waals surface area contributed by atoms with E-state index < -0.39 is 0 Å². The predicted molar refractivity (Wildman–Crippen MR) is 97.1 cm³/mol. The van der Waals surface area contributed by atoms with Gasteiger partial charge in [-0.3, -0.25) is 9.59 Å². The highest BCUT2D eigenvalue weighted by molar-refractivity contribution is 5.91. The standard InChI is InChI=1S/C20H24N2O4/c1-25-17-7-2-5-15(13-17)9-10-19(23)21-16-6-3-11-22(14-16)20(24)18-8-4-12-26-18/h2,4-5,7-8,12-13,16H,3,6,9-11,14H2,1H3,(H,21,23). The van der Waals surface area contributed by atoms with Gasteiger partial charge in [-0.15, -0.1) is 0 Å². The lowest BCUT2D eigenvalue weighted by atomic mass is 10.0. The second-order valence-electron chi connectivity index (χ2n) is 6.49. The number of carbonyl (C=O) groups excluding carboxylic acids is 2. The highest BCUT2D eigenvalue weighted by Gasteiger charge is 2.26. The van der Waals surface area contributed by atoms with Gasteiger partial charge in [0.2, 0.25) is 5.91 Å². The van der Waals surface area contributed by atoms with Crippen molar-refractivity contribution in [3.63, 3.8) is 0 Å². The SMILES string of the molecule is COc1cccc(CCC(=O)NC2CCCN(C(=O)c3ccco3)C2)c1. The van der Waals surface area contributed by atoms with Gasteiger partial charge in [0.15, 0.2) is 5.76 Å². The average molecular weight is 356 g/mol. The summed E-state index contributed by atoms with van der Waals surface area (Å²) in [5.41, 5.74) is 1.07. The van der Waals surface area contributed by atoms with E-state index in [2.05, 4.69) is 5.32 Å². The summed E-state index contributed by atoms with van der Waals surface area (Å²) in [4.78, 5) is 26.4. The molecule has 1 atom stereocenters. The van der Waals surface area contributed by atoms with Crippen LogP contribution < -0.4 is 10.1 Å². The van der Waals surface area contributed by atoms with E-state index in [0.29, 0.717) is 31.7 Å². The fraction of sp³-hybridized carbons (Fsp3) is 0.400. The Labute approximate surface area is 153 Å². The number of benzene rings is 1. The van der Waals surface area contributed by atoms with E-state index >= 15 is 0 Å². The number of carbonyl (C=O) groups is 2. The van der Waals surface area contributed by atoms with Crippen molar-refractivity contribution in [2.24, 2.45) is 0 Å². The Hall–Kier alpha value is -2.76. The molecular formula is C20H24N2O4. The van der Waals surface area contributed by atoms with Crippen LogP contribution >= 0.6 is 0 Å². The van der Waals surface area contributed by atoms with Gasteiger partial charge in [0.25, 0.3) is 5.91 Å². The molecule has 6 nitrogen and oxygen atoms in total. The molecule has 26 heavy (non-hydrogen) atoms. The van der Waals surface area contributed by atoms with Crippen molar-refractivity contribution in [1.82, 2.24) is 10.2 Å². The number of aryl methyl sites for hydroxylation is 1. The molecule has 1 aromatic heterocycles. The Kier molecular flexibility index (Phi) is 5.94. The molecule has 138 valence electrons. The maximum Gasteiger partial charge on any atom is 0.289 e. The zero-order valence-electron chi connectivity index (χ0n) is 14.9. The van der Waals surface area contributed by atoms with Gasteiger partial charge in [0.05, 0.1) is 13.4 Å². The lowest BCUT2D eigenvalue weighted by Gasteiger charge is -2.32. The number of amides is 2. The third-order valence-corrected chi connectivity index (χ3v) is 4.58. The third-order valence-electron chi connectivity index (χ3n) is 4.58. The number of hydrogen-bond acceptors (Lipinski definition) is 4. The van der Waals surface area contributed by atoms with Gasteiger partial charge in [-0.25, -0.2) is 0 Å². The van der Waals surface area contributed by atoms with Crippen LogP contribution in [0.4, 0.5) is 0 Å². The quantitative estimate of drug-likeness (QED) is 0.864. The van der Waals surface area contributed by atoms with E-state index in [9.17, 15) is 9.59 Å². The minimum atomic E-state index is -0.120. The Morgan fingerprint density at radius 2 is 2.19 bits per heavy atom. The zero-order chi connectivity index (χ0) is 18.4. The third kappa shape index (κ3) is 4.65. The Bertz CT molecular complexity index is 742. The smallest absolute Gasteiger partial charge is 0.289 e. The molecule has 6 heteroatoms. The molecule has 1 aliphatic rings. The first-order valence-corrected chi connectivity index (χ1v) is 8.91. The Morgan fingerprint density at radius 3 is 2.96 bits per heavy atom. The fourth-order valence-corrected chi connectivity index (χ4v) is 3.22. The van der Waals surface area contributed by atoms with Gasteiger partial charge in [0, 0.05) is 25.6 Å². The predicted octanol–water partition coefficient (Wildman–Crippen LogP) is 2.64. The molecule has 0 aliphatic carbocycles. The van der Waals surface area contributed by atoms with Gasteiger partial charge in [0.1, 0.15) is 5.75 Å². The average Bonchev–Trinajstić information content (AvgIpc) is 3.21. The van der Waals surface area contributed by atoms with Gasteiger partial charge < -0.3 is 19.4 Å². The van der Waals surface area contributed by atoms with Crippen molar-refractivity contribution in [3.8, 4) is 5.75 Å². The molecule has 2 heterocycles. The van der Waals surface area contributed by atoms with Crippen LogP contribution in [0, 0.1) is 0 Å². The molecule has 1 fully saturated rings. The number of furan rings is 1. The summed E-state index contributed by atoms with van der Waals surface area (Å²) < 4.78 is 10.4. The van der Waals surface area contributed by atoms with Crippen LogP contribution in [0.2, 0.25) is 0 Å². The molecule has 1 aromatic carbocycles. The first-order chi connectivity index (χ1) is 12.7. The van der Waals surface area contributed by atoms with Crippen molar-refractivity contribution in [2.45, 2.75) is 31.7 Å². The summed E-state index contributed by atoms with van der Waals surface area (Å²) in [5.74, 6) is 1.02. The summed E-state index contributed by atoms with van der Waals surface area (Å²) in [6.45, 7) is 1.21. The number of piperidine rings is 1. The monoisotopic (exact) mass is 356 g/mol. The van der Waals surface area contributed by atoms with Crippen LogP contribution in [0.1, 0.15) is 35.4 Å². The Balaban J connectivity index is 1.48. The zero-order valence-corrected chi connectivity index (χ0v) is 14.9. The molecule has 1 aliphatic heterocycles. The van der Waals surface area contributed by atoms with E-state index in [0.717, 1.165) is 24.2 Å². The van der Waals surface area contributed by atoms with Crippen LogP contribution in [-0.2, 0) is 11.2 Å².